The fourth-order valence-corrected chi connectivity index (χ4v) is 2.98. The van der Waals surface area contributed by atoms with E-state index in [1.807, 2.05) is 0 Å². The van der Waals surface area contributed by atoms with Crippen molar-refractivity contribution >= 4 is 21.4 Å². The molecule has 0 aliphatic carbocycles. The molecule has 0 saturated carbocycles. The highest BCUT2D eigenvalue weighted by Gasteiger charge is 2.24. The van der Waals surface area contributed by atoms with Crippen LogP contribution in [0.25, 0.3) is 0 Å². The largest absolute Gasteiger partial charge is 0.280 e. The first-order valence-electron chi connectivity index (χ1n) is 5.70. The van der Waals surface area contributed by atoms with E-state index in [9.17, 15) is 22.9 Å². The molecule has 8 nitrogen and oxygen atoms in total. The molecule has 0 aliphatic rings. The Labute approximate surface area is 119 Å². The van der Waals surface area contributed by atoms with E-state index < -0.39 is 31.3 Å². The number of H-pyrrole nitrogens is 1. The number of nitrogens with zero attached hydrogens (tertiary/aromatic N) is 2. The summed E-state index contributed by atoms with van der Waals surface area (Å²) in [6.45, 7) is 3.15. The van der Waals surface area contributed by atoms with Crippen LogP contribution in [-0.2, 0) is 10.0 Å². The number of rotatable bonds is 4. The van der Waals surface area contributed by atoms with Gasteiger partial charge in [-0.2, -0.15) is 5.10 Å². The molecular weight excluding hydrogens is 303 g/mol. The molecule has 1 aromatic heterocycles. The Hall–Kier alpha value is -2.49. The fraction of sp³-hybridized carbons (Fsp3) is 0.182. The predicted octanol–water partition coefficient (Wildman–Crippen LogP) is 1.87. The van der Waals surface area contributed by atoms with Gasteiger partial charge in [0.15, 0.2) is 0 Å². The van der Waals surface area contributed by atoms with Gasteiger partial charge in [-0.25, -0.2) is 12.8 Å². The maximum Gasteiger partial charge on any atom is 0.271 e. The van der Waals surface area contributed by atoms with Crippen LogP contribution in [0.3, 0.4) is 0 Å². The fourth-order valence-electron chi connectivity index (χ4n) is 1.70. The molecule has 2 aromatic rings. The maximum atomic E-state index is 13.7. The number of sulfonamides is 1. The van der Waals surface area contributed by atoms with Crippen LogP contribution < -0.4 is 4.72 Å². The Morgan fingerprint density at radius 3 is 2.57 bits per heavy atom. The lowest BCUT2D eigenvalue weighted by molar-refractivity contribution is -0.385. The van der Waals surface area contributed by atoms with Crippen molar-refractivity contribution in [2.24, 2.45) is 0 Å². The Kier molecular flexibility index (Phi) is 3.64. The molecule has 0 unspecified atom stereocenters. The van der Waals surface area contributed by atoms with Crippen LogP contribution in [0, 0.1) is 29.8 Å². The van der Waals surface area contributed by atoms with Gasteiger partial charge in [-0.1, -0.05) is 0 Å². The minimum absolute atomic E-state index is 0.181. The van der Waals surface area contributed by atoms with Crippen molar-refractivity contribution in [2.45, 2.75) is 18.7 Å². The third-order valence-corrected chi connectivity index (χ3v) is 4.14. The molecule has 10 heteroatoms. The average molecular weight is 314 g/mol. The molecule has 0 fully saturated rings. The van der Waals surface area contributed by atoms with Gasteiger partial charge in [0, 0.05) is 12.1 Å². The van der Waals surface area contributed by atoms with Crippen molar-refractivity contribution in [3.63, 3.8) is 0 Å². The Morgan fingerprint density at radius 1 is 1.38 bits per heavy atom. The molecule has 0 spiro atoms. The highest BCUT2D eigenvalue weighted by atomic mass is 32.2. The van der Waals surface area contributed by atoms with Gasteiger partial charge in [0.1, 0.15) is 10.7 Å². The molecule has 1 heterocycles. The van der Waals surface area contributed by atoms with E-state index in [4.69, 9.17) is 0 Å². The molecule has 0 bridgehead atoms. The maximum absolute atomic E-state index is 13.7. The molecule has 0 aliphatic heterocycles. The summed E-state index contributed by atoms with van der Waals surface area (Å²) in [5, 5.41) is 17.1. The third-order valence-electron chi connectivity index (χ3n) is 2.78. The number of aromatic nitrogens is 2. The first-order valence-corrected chi connectivity index (χ1v) is 7.19. The van der Waals surface area contributed by atoms with E-state index in [1.165, 1.54) is 0 Å². The first-order chi connectivity index (χ1) is 9.72. The van der Waals surface area contributed by atoms with E-state index in [1.54, 1.807) is 13.8 Å². The molecule has 1 aromatic carbocycles. The molecular formula is C11H11FN4O4S. The molecule has 0 atom stereocenters. The summed E-state index contributed by atoms with van der Waals surface area (Å²) >= 11 is 0. The monoisotopic (exact) mass is 314 g/mol. The minimum atomic E-state index is -4.30. The Bertz CT molecular complexity index is 796. The average Bonchev–Trinajstić information content (AvgIpc) is 2.70. The van der Waals surface area contributed by atoms with E-state index in [0.29, 0.717) is 17.5 Å². The zero-order valence-electron chi connectivity index (χ0n) is 11.0. The van der Waals surface area contributed by atoms with Gasteiger partial charge in [-0.3, -0.25) is 19.9 Å². The van der Waals surface area contributed by atoms with E-state index in [2.05, 4.69) is 14.9 Å². The van der Waals surface area contributed by atoms with Crippen LogP contribution in [0.5, 0.6) is 0 Å². The van der Waals surface area contributed by atoms with Crippen molar-refractivity contribution in [1.29, 1.82) is 0 Å². The summed E-state index contributed by atoms with van der Waals surface area (Å²) in [5.41, 5.74) is 0.488. The summed E-state index contributed by atoms with van der Waals surface area (Å²) in [7, 11) is -4.30. The lowest BCUT2D eigenvalue weighted by Crippen LogP contribution is -2.15. The van der Waals surface area contributed by atoms with Crippen LogP contribution in [0.15, 0.2) is 23.1 Å². The standard InChI is InChI=1S/C11H11FN4O4S/c1-6-11(7(2)14-13-6)15-21(19,20)10-5-8(16(17)18)3-4-9(10)12/h3-5,15H,1-2H3,(H,13,14). The smallest absolute Gasteiger partial charge is 0.271 e. The van der Waals surface area contributed by atoms with E-state index in [-0.39, 0.29) is 5.69 Å². The highest BCUT2D eigenvalue weighted by Crippen LogP contribution is 2.25. The second kappa shape index (κ2) is 5.13. The van der Waals surface area contributed by atoms with Crippen molar-refractivity contribution in [2.75, 3.05) is 4.72 Å². The van der Waals surface area contributed by atoms with Crippen LogP contribution in [0.4, 0.5) is 15.8 Å². The van der Waals surface area contributed by atoms with Gasteiger partial charge in [0.25, 0.3) is 15.7 Å². The zero-order valence-corrected chi connectivity index (χ0v) is 11.9. The summed E-state index contributed by atoms with van der Waals surface area (Å²) in [6.07, 6.45) is 0. The molecule has 0 amide bonds. The summed E-state index contributed by atoms with van der Waals surface area (Å²) in [5.74, 6) is -1.08. The van der Waals surface area contributed by atoms with Crippen molar-refractivity contribution in [3.8, 4) is 0 Å². The number of nitro benzene ring substituents is 1. The normalized spacial score (nSPS) is 11.4. The number of benzene rings is 1. The van der Waals surface area contributed by atoms with Crippen LogP contribution in [0.1, 0.15) is 11.4 Å². The topological polar surface area (TPSA) is 118 Å². The second-order valence-corrected chi connectivity index (χ2v) is 5.94. The van der Waals surface area contributed by atoms with E-state index >= 15 is 0 Å². The summed E-state index contributed by atoms with van der Waals surface area (Å²) < 4.78 is 40.2. The molecule has 0 radical (unpaired) electrons. The number of non-ortho nitro benzene ring substituents is 1. The van der Waals surface area contributed by atoms with Gasteiger partial charge >= 0.3 is 0 Å². The first kappa shape index (κ1) is 14.9. The lowest BCUT2D eigenvalue weighted by Gasteiger charge is -2.08. The number of nitrogens with one attached hydrogen (secondary N) is 2. The highest BCUT2D eigenvalue weighted by molar-refractivity contribution is 7.92. The Balaban J connectivity index is 2.49. The quantitative estimate of drug-likeness (QED) is 0.659. The van der Waals surface area contributed by atoms with Crippen molar-refractivity contribution in [1.82, 2.24) is 10.2 Å². The summed E-state index contributed by atoms with van der Waals surface area (Å²) in [4.78, 5) is 9.08. The summed E-state index contributed by atoms with van der Waals surface area (Å²) in [6, 6.07) is 2.30. The van der Waals surface area contributed by atoms with E-state index in [0.717, 1.165) is 12.1 Å². The lowest BCUT2D eigenvalue weighted by atomic mass is 10.3. The minimum Gasteiger partial charge on any atom is -0.280 e. The van der Waals surface area contributed by atoms with Gasteiger partial charge < -0.3 is 0 Å². The number of hydrogen-bond donors (Lipinski definition) is 2. The SMILES string of the molecule is Cc1n[nH]c(C)c1NS(=O)(=O)c1cc([N+](=O)[O-])ccc1F. The van der Waals surface area contributed by atoms with Crippen LogP contribution in [0.2, 0.25) is 0 Å². The number of hydrogen-bond acceptors (Lipinski definition) is 5. The van der Waals surface area contributed by atoms with Gasteiger partial charge in [0.2, 0.25) is 0 Å². The number of anilines is 1. The van der Waals surface area contributed by atoms with Gasteiger partial charge in [-0.05, 0) is 19.9 Å². The molecule has 112 valence electrons. The van der Waals surface area contributed by atoms with Gasteiger partial charge in [0.05, 0.1) is 22.0 Å². The molecule has 2 N–H and O–H groups in total. The van der Waals surface area contributed by atoms with Gasteiger partial charge in [-0.15, -0.1) is 0 Å². The number of halogens is 1. The third kappa shape index (κ3) is 2.84. The molecule has 0 saturated heterocycles. The van der Waals surface area contributed by atoms with Crippen molar-refractivity contribution in [3.05, 3.63) is 45.5 Å². The number of aromatic amines is 1. The predicted molar refractivity (Wildman–Crippen MR) is 71.9 cm³/mol. The number of nitro groups is 1. The number of aryl methyl sites for hydroxylation is 2. The second-order valence-electron chi connectivity index (χ2n) is 4.29. The Morgan fingerprint density at radius 2 is 2.05 bits per heavy atom. The van der Waals surface area contributed by atoms with Crippen LogP contribution in [-0.4, -0.2) is 23.5 Å². The molecule has 2 rings (SSSR count). The van der Waals surface area contributed by atoms with Crippen molar-refractivity contribution < 1.29 is 17.7 Å². The van der Waals surface area contributed by atoms with Crippen LogP contribution >= 0.6 is 0 Å². The zero-order chi connectivity index (χ0) is 15.8. The molecule has 21 heavy (non-hydrogen) atoms.